The van der Waals surface area contributed by atoms with Crippen molar-refractivity contribution in [3.63, 3.8) is 0 Å². The molecule has 0 spiro atoms. The number of fused-ring (bicyclic) bond motifs is 9. The van der Waals surface area contributed by atoms with Crippen molar-refractivity contribution >= 4 is 17.7 Å². The molecule has 3 aliphatic carbocycles. The minimum Gasteiger partial charge on any atom is -0.493 e. The van der Waals surface area contributed by atoms with Gasteiger partial charge in [0, 0.05) is 37.5 Å². The van der Waals surface area contributed by atoms with Crippen LogP contribution in [0.15, 0.2) is 87.2 Å². The second-order valence-corrected chi connectivity index (χ2v) is 20.3. The molecule has 0 unspecified atom stereocenters. The van der Waals surface area contributed by atoms with Gasteiger partial charge in [-0.15, -0.1) is 0 Å². The highest BCUT2D eigenvalue weighted by atomic mass is 16.5. The highest BCUT2D eigenvalue weighted by Gasteiger charge is 2.33. The maximum atomic E-state index is 12.6. The number of amides is 3. The SMILES string of the molecule is COc1cc2c(c(OC)c1OC)-c1ccc(OC)c(=O)cc1[C@@H](NC(C)=O)CC2.COc1cc2c(c(OC)c1OC)-c1ccc(OC)c(=O)cc1[C@@H](NC(C)=O)CC2.COc1cc2c(c(OC)c1OC)-c1ccc(OC)c(=O)cc1[C@@H](NC(C)=O)CC2. The molecule has 0 heterocycles. The van der Waals surface area contributed by atoms with E-state index in [0.717, 1.165) is 50.1 Å². The van der Waals surface area contributed by atoms with E-state index in [1.165, 1.54) is 60.3 Å². The van der Waals surface area contributed by atoms with Gasteiger partial charge in [-0.25, -0.2) is 0 Å². The molecule has 0 aliphatic heterocycles. The summed E-state index contributed by atoms with van der Waals surface area (Å²) in [7, 11) is 18.4. The van der Waals surface area contributed by atoms with Gasteiger partial charge in [0.2, 0.25) is 51.3 Å². The molecule has 3 atom stereocenters. The molecule has 6 aromatic carbocycles. The number of carbonyl (C=O) groups excluding carboxylic acids is 3. The van der Waals surface area contributed by atoms with Crippen LogP contribution >= 0.6 is 0 Å². The Labute approximate surface area is 505 Å². The van der Waals surface area contributed by atoms with Crippen LogP contribution in [0.4, 0.5) is 0 Å². The van der Waals surface area contributed by atoms with Gasteiger partial charge in [-0.05, 0) is 143 Å². The van der Waals surface area contributed by atoms with Crippen molar-refractivity contribution in [3.8, 4) is 102 Å². The van der Waals surface area contributed by atoms with Gasteiger partial charge < -0.3 is 72.8 Å². The standard InChI is InChI=1S/3C22H25NO6/c3*1-12(24)23-16-8-6-13-10-19(27-3)21(28-4)22(29-5)20(13)14-7-9-18(26-2)17(25)11-15(14)16/h3*7,9-11,16H,6,8H2,1-5H3,(H,23,24)/t3*16-/m000/s1. The van der Waals surface area contributed by atoms with Crippen LogP contribution in [0.5, 0.6) is 69.0 Å². The van der Waals surface area contributed by atoms with Crippen LogP contribution in [0, 0.1) is 0 Å². The molecule has 9 rings (SSSR count). The van der Waals surface area contributed by atoms with E-state index in [-0.39, 0.29) is 69.4 Å². The quantitative estimate of drug-likeness (QED) is 0.0870. The van der Waals surface area contributed by atoms with Crippen LogP contribution in [0.3, 0.4) is 0 Å². The topological polar surface area (TPSA) is 249 Å². The summed E-state index contributed by atoms with van der Waals surface area (Å²) in [5.41, 5.74) is 9.03. The third-order valence-corrected chi connectivity index (χ3v) is 15.3. The molecule has 21 nitrogen and oxygen atoms in total. The maximum absolute atomic E-state index is 12.6. The number of rotatable bonds is 15. The molecule has 0 aromatic heterocycles. The predicted molar refractivity (Wildman–Crippen MR) is 328 cm³/mol. The van der Waals surface area contributed by atoms with Crippen molar-refractivity contribution < 1.29 is 71.2 Å². The lowest BCUT2D eigenvalue weighted by atomic mass is 9.95. The van der Waals surface area contributed by atoms with Crippen molar-refractivity contribution in [3.05, 3.63) is 137 Å². The van der Waals surface area contributed by atoms with E-state index < -0.39 is 0 Å². The number of ether oxygens (including phenoxy) is 12. The van der Waals surface area contributed by atoms with Crippen molar-refractivity contribution in [2.75, 3.05) is 85.3 Å². The Balaban J connectivity index is 0.000000186. The third kappa shape index (κ3) is 13.6. The van der Waals surface area contributed by atoms with Gasteiger partial charge in [-0.1, -0.05) is 18.2 Å². The van der Waals surface area contributed by atoms with E-state index in [1.807, 2.05) is 36.4 Å². The van der Waals surface area contributed by atoms with Gasteiger partial charge in [-0.3, -0.25) is 28.8 Å². The molecular weight excluding hydrogens is 1120 g/mol. The molecule has 462 valence electrons. The third-order valence-electron chi connectivity index (χ3n) is 15.3. The molecule has 87 heavy (non-hydrogen) atoms. The normalized spacial score (nSPS) is 14.7. The maximum Gasteiger partial charge on any atom is 0.220 e. The number of hydrogen-bond donors (Lipinski definition) is 3. The fourth-order valence-corrected chi connectivity index (χ4v) is 11.6. The Hall–Kier alpha value is -9.66. The van der Waals surface area contributed by atoms with Crippen molar-refractivity contribution in [1.82, 2.24) is 16.0 Å². The molecule has 3 amide bonds. The molecular formula is C66H75N3O18. The van der Waals surface area contributed by atoms with Crippen molar-refractivity contribution in [1.29, 1.82) is 0 Å². The monoisotopic (exact) mass is 1200 g/mol. The second-order valence-electron chi connectivity index (χ2n) is 20.3. The second kappa shape index (κ2) is 29.0. The smallest absolute Gasteiger partial charge is 0.220 e. The first kappa shape index (κ1) is 64.9. The Morgan fingerprint density at radius 1 is 0.322 bits per heavy atom. The lowest BCUT2D eigenvalue weighted by Crippen LogP contribution is -2.26. The van der Waals surface area contributed by atoms with Crippen LogP contribution in [-0.2, 0) is 33.6 Å². The van der Waals surface area contributed by atoms with Crippen LogP contribution in [-0.4, -0.2) is 103 Å². The zero-order valence-electron chi connectivity index (χ0n) is 51.8. The minimum atomic E-state index is -0.332. The number of benzene rings is 3. The van der Waals surface area contributed by atoms with Gasteiger partial charge in [-0.2, -0.15) is 0 Å². The lowest BCUT2D eigenvalue weighted by molar-refractivity contribution is -0.120. The molecule has 6 aromatic rings. The molecule has 0 saturated heterocycles. The van der Waals surface area contributed by atoms with Crippen LogP contribution in [0.2, 0.25) is 0 Å². The lowest BCUT2D eigenvalue weighted by Gasteiger charge is -2.19. The minimum absolute atomic E-state index is 0.167. The number of hydrogen-bond acceptors (Lipinski definition) is 18. The predicted octanol–water partition coefficient (Wildman–Crippen LogP) is 8.61. The van der Waals surface area contributed by atoms with Gasteiger partial charge in [0.25, 0.3) is 0 Å². The summed E-state index contributed by atoms with van der Waals surface area (Å²) in [6, 6.07) is 19.7. The first-order valence-electron chi connectivity index (χ1n) is 27.8. The zero-order valence-corrected chi connectivity index (χ0v) is 51.8. The number of methoxy groups -OCH3 is 12. The fraction of sp³-hybridized carbons (Fsp3) is 0.364. The van der Waals surface area contributed by atoms with E-state index in [4.69, 9.17) is 56.8 Å². The number of aryl methyl sites for hydroxylation is 3. The van der Waals surface area contributed by atoms with Crippen molar-refractivity contribution in [2.45, 2.75) is 77.4 Å². The molecule has 0 radical (unpaired) electrons. The summed E-state index contributed by atoms with van der Waals surface area (Å²) in [4.78, 5) is 73.4. The van der Waals surface area contributed by atoms with Gasteiger partial charge in [0.05, 0.1) is 103 Å². The molecule has 0 saturated carbocycles. The Morgan fingerprint density at radius 2 is 0.552 bits per heavy atom. The summed E-state index contributed by atoms with van der Waals surface area (Å²) >= 11 is 0. The number of nitrogens with one attached hydrogen (secondary N) is 3. The van der Waals surface area contributed by atoms with E-state index in [2.05, 4.69) is 16.0 Å². The molecule has 0 fully saturated rings. The number of carbonyl (C=O) groups is 3. The summed E-state index contributed by atoms with van der Waals surface area (Å²) in [6.07, 6.45) is 3.81. The van der Waals surface area contributed by atoms with E-state index in [9.17, 15) is 28.8 Å². The highest BCUT2D eigenvalue weighted by molar-refractivity contribution is 5.86. The van der Waals surface area contributed by atoms with Gasteiger partial charge in [0.1, 0.15) is 0 Å². The Morgan fingerprint density at radius 3 is 0.747 bits per heavy atom. The van der Waals surface area contributed by atoms with E-state index in [1.54, 1.807) is 82.2 Å². The zero-order chi connectivity index (χ0) is 63.4. The van der Waals surface area contributed by atoms with E-state index >= 15 is 0 Å². The molecule has 3 aliphatic rings. The largest absolute Gasteiger partial charge is 0.493 e. The Bertz CT molecular complexity index is 3390. The molecule has 21 heteroatoms. The Kier molecular flexibility index (Phi) is 21.6. The average molecular weight is 1200 g/mol. The fourth-order valence-electron chi connectivity index (χ4n) is 11.6. The highest BCUT2D eigenvalue weighted by Crippen LogP contribution is 2.53. The summed E-state index contributed by atoms with van der Waals surface area (Å²) < 4.78 is 66.0. The first-order chi connectivity index (χ1) is 41.8. The van der Waals surface area contributed by atoms with Crippen LogP contribution in [0.1, 0.15) is 91.5 Å². The first-order valence-corrected chi connectivity index (χ1v) is 27.8. The van der Waals surface area contributed by atoms with Gasteiger partial charge >= 0.3 is 0 Å². The van der Waals surface area contributed by atoms with Crippen LogP contribution < -0.4 is 89.1 Å². The summed E-state index contributed by atoms with van der Waals surface area (Å²) in [5.74, 6) is 4.81. The molecule has 0 bridgehead atoms. The molecule has 3 N–H and O–H groups in total. The van der Waals surface area contributed by atoms with Gasteiger partial charge in [0.15, 0.2) is 51.7 Å². The average Bonchev–Trinajstić information content (AvgIpc) is 1.88. The van der Waals surface area contributed by atoms with E-state index in [0.29, 0.717) is 107 Å². The van der Waals surface area contributed by atoms with Crippen LogP contribution in [0.25, 0.3) is 33.4 Å². The summed E-state index contributed by atoms with van der Waals surface area (Å²) in [6.45, 7) is 4.39. The summed E-state index contributed by atoms with van der Waals surface area (Å²) in [5, 5.41) is 8.89. The van der Waals surface area contributed by atoms with Crippen molar-refractivity contribution in [2.24, 2.45) is 0 Å².